The molecule has 3 aromatic carbocycles. The molecule has 5 rings (SSSR count). The SMILES string of the molecule is CCN(C)CC[C@H]1CC[C@H]2CC[C@@H](C(=O)NC(c3ccccc3)c3ccccc3)N2C(=O)[C@H]1NC(=O)[C@@H](Cc1ccccc1)NC. The Morgan fingerprint density at radius 3 is 2.04 bits per heavy atom. The van der Waals surface area contributed by atoms with Gasteiger partial charge in [0.15, 0.2) is 0 Å². The Morgan fingerprint density at radius 2 is 1.46 bits per heavy atom. The zero-order valence-electron chi connectivity index (χ0n) is 27.4. The molecule has 0 bridgehead atoms. The summed E-state index contributed by atoms with van der Waals surface area (Å²) in [5.74, 6) is -0.496. The van der Waals surface area contributed by atoms with Crippen LogP contribution in [0.2, 0.25) is 0 Å². The lowest BCUT2D eigenvalue weighted by atomic mass is 9.89. The number of rotatable bonds is 13. The molecule has 3 amide bonds. The summed E-state index contributed by atoms with van der Waals surface area (Å²) in [6.45, 7) is 3.87. The third-order valence-corrected chi connectivity index (χ3v) is 9.89. The van der Waals surface area contributed by atoms with E-state index in [1.807, 2.05) is 95.9 Å². The molecule has 2 aliphatic heterocycles. The number of fused-ring (bicyclic) bond motifs is 1. The maximum Gasteiger partial charge on any atom is 0.246 e. The largest absolute Gasteiger partial charge is 0.343 e. The van der Waals surface area contributed by atoms with Gasteiger partial charge in [0.2, 0.25) is 17.7 Å². The molecule has 2 heterocycles. The zero-order chi connectivity index (χ0) is 32.5. The van der Waals surface area contributed by atoms with Crippen LogP contribution in [0.1, 0.15) is 61.8 Å². The topological polar surface area (TPSA) is 93.8 Å². The summed E-state index contributed by atoms with van der Waals surface area (Å²) in [5.41, 5.74) is 3.02. The average Bonchev–Trinajstić information content (AvgIpc) is 3.48. The monoisotopic (exact) mass is 623 g/mol. The van der Waals surface area contributed by atoms with Gasteiger partial charge in [-0.25, -0.2) is 0 Å². The molecule has 0 radical (unpaired) electrons. The second kappa shape index (κ2) is 16.0. The summed E-state index contributed by atoms with van der Waals surface area (Å²) in [6.07, 6.45) is 4.35. The molecule has 5 atom stereocenters. The highest BCUT2D eigenvalue weighted by Crippen LogP contribution is 2.36. The van der Waals surface area contributed by atoms with Gasteiger partial charge >= 0.3 is 0 Å². The van der Waals surface area contributed by atoms with Gasteiger partial charge in [-0.2, -0.15) is 0 Å². The molecular weight excluding hydrogens is 574 g/mol. The van der Waals surface area contributed by atoms with E-state index in [2.05, 4.69) is 34.8 Å². The van der Waals surface area contributed by atoms with E-state index in [1.54, 1.807) is 7.05 Å². The Hall–Kier alpha value is -4.01. The fourth-order valence-electron chi connectivity index (χ4n) is 7.05. The van der Waals surface area contributed by atoms with Crippen LogP contribution in [0.25, 0.3) is 0 Å². The Bertz CT molecular complexity index is 1380. The van der Waals surface area contributed by atoms with Gasteiger partial charge in [-0.05, 0) is 88.3 Å². The first-order chi connectivity index (χ1) is 22.4. The van der Waals surface area contributed by atoms with Crippen LogP contribution in [0.3, 0.4) is 0 Å². The van der Waals surface area contributed by atoms with E-state index < -0.39 is 18.1 Å². The van der Waals surface area contributed by atoms with Crippen molar-refractivity contribution in [3.05, 3.63) is 108 Å². The van der Waals surface area contributed by atoms with Crippen LogP contribution in [-0.2, 0) is 20.8 Å². The molecule has 3 N–H and O–H groups in total. The van der Waals surface area contributed by atoms with Gasteiger partial charge in [0.25, 0.3) is 0 Å². The lowest BCUT2D eigenvalue weighted by Gasteiger charge is -2.34. The van der Waals surface area contributed by atoms with Gasteiger partial charge in [0.1, 0.15) is 12.1 Å². The Balaban J connectivity index is 1.38. The van der Waals surface area contributed by atoms with Gasteiger partial charge in [-0.3, -0.25) is 14.4 Å². The number of amides is 3. The van der Waals surface area contributed by atoms with Crippen molar-refractivity contribution < 1.29 is 14.4 Å². The Morgan fingerprint density at radius 1 is 0.870 bits per heavy atom. The summed E-state index contributed by atoms with van der Waals surface area (Å²) in [4.78, 5) is 46.6. The maximum absolute atomic E-state index is 14.6. The van der Waals surface area contributed by atoms with Gasteiger partial charge in [-0.15, -0.1) is 0 Å². The van der Waals surface area contributed by atoms with Crippen molar-refractivity contribution >= 4 is 17.7 Å². The lowest BCUT2D eigenvalue weighted by Crippen LogP contribution is -2.58. The highest BCUT2D eigenvalue weighted by Gasteiger charge is 2.48. The molecular formula is C38H49N5O3. The predicted molar refractivity (Wildman–Crippen MR) is 182 cm³/mol. The quantitative estimate of drug-likeness (QED) is 0.264. The molecule has 8 heteroatoms. The van der Waals surface area contributed by atoms with Crippen LogP contribution in [-0.4, -0.2) is 78.9 Å². The number of hydrogen-bond donors (Lipinski definition) is 3. The maximum atomic E-state index is 14.6. The molecule has 0 saturated carbocycles. The molecule has 0 spiro atoms. The third kappa shape index (κ3) is 8.03. The van der Waals surface area contributed by atoms with Gasteiger partial charge in [0, 0.05) is 6.04 Å². The molecule has 8 nitrogen and oxygen atoms in total. The molecule has 2 aliphatic rings. The summed E-state index contributed by atoms with van der Waals surface area (Å²) < 4.78 is 0. The summed E-state index contributed by atoms with van der Waals surface area (Å²) in [7, 11) is 3.86. The van der Waals surface area contributed by atoms with Crippen LogP contribution in [0.4, 0.5) is 0 Å². The Labute approximate surface area is 273 Å². The fraction of sp³-hybridized carbons (Fsp3) is 0.447. The minimum atomic E-state index is -0.693. The highest BCUT2D eigenvalue weighted by molar-refractivity contribution is 5.94. The number of nitrogens with one attached hydrogen (secondary N) is 3. The van der Waals surface area contributed by atoms with Crippen LogP contribution >= 0.6 is 0 Å². The normalized spacial score (nSPS) is 21.9. The second-order valence-corrected chi connectivity index (χ2v) is 12.8. The minimum Gasteiger partial charge on any atom is -0.343 e. The zero-order valence-corrected chi connectivity index (χ0v) is 27.4. The second-order valence-electron chi connectivity index (χ2n) is 12.8. The minimum absolute atomic E-state index is 0.0182. The van der Waals surface area contributed by atoms with E-state index in [1.165, 1.54) is 0 Å². The molecule has 0 unspecified atom stereocenters. The van der Waals surface area contributed by atoms with Crippen LogP contribution in [0.5, 0.6) is 0 Å². The van der Waals surface area contributed by atoms with Crippen molar-refractivity contribution in [3.8, 4) is 0 Å². The number of likely N-dealkylation sites (N-methyl/N-ethyl adjacent to an activating group) is 1. The smallest absolute Gasteiger partial charge is 0.246 e. The highest BCUT2D eigenvalue weighted by atomic mass is 16.2. The predicted octanol–water partition coefficient (Wildman–Crippen LogP) is 4.32. The Kier molecular flexibility index (Phi) is 11.6. The van der Waals surface area contributed by atoms with Crippen molar-refractivity contribution in [3.63, 3.8) is 0 Å². The number of carbonyl (C=O) groups excluding carboxylic acids is 3. The molecule has 0 aliphatic carbocycles. The molecule has 2 fully saturated rings. The summed E-state index contributed by atoms with van der Waals surface area (Å²) >= 11 is 0. The van der Waals surface area contributed by atoms with E-state index in [0.29, 0.717) is 12.8 Å². The third-order valence-electron chi connectivity index (χ3n) is 9.89. The first-order valence-electron chi connectivity index (χ1n) is 16.8. The number of benzene rings is 3. The van der Waals surface area contributed by atoms with E-state index in [0.717, 1.165) is 55.5 Å². The number of nitrogens with zero attached hydrogens (tertiary/aromatic N) is 2. The van der Waals surface area contributed by atoms with E-state index in [9.17, 15) is 14.4 Å². The molecule has 244 valence electrons. The van der Waals surface area contributed by atoms with Gasteiger partial charge in [-0.1, -0.05) is 97.9 Å². The first kappa shape index (κ1) is 33.4. The van der Waals surface area contributed by atoms with E-state index >= 15 is 0 Å². The lowest BCUT2D eigenvalue weighted by molar-refractivity contribution is -0.144. The van der Waals surface area contributed by atoms with Crippen molar-refractivity contribution in [2.75, 3.05) is 27.2 Å². The summed E-state index contributed by atoms with van der Waals surface area (Å²) in [5, 5.41) is 9.65. The van der Waals surface area contributed by atoms with Gasteiger partial charge in [0.05, 0.1) is 12.1 Å². The van der Waals surface area contributed by atoms with Gasteiger partial charge < -0.3 is 25.8 Å². The van der Waals surface area contributed by atoms with Crippen LogP contribution in [0.15, 0.2) is 91.0 Å². The van der Waals surface area contributed by atoms with Crippen molar-refractivity contribution in [1.82, 2.24) is 25.8 Å². The molecule has 46 heavy (non-hydrogen) atoms. The molecule has 2 saturated heterocycles. The standard InChI is InChI=1S/C38H49N5O3/c1-4-42(3)25-24-30-20-21-31-22-23-33(37(45)40-34(28-16-10-6-11-17-28)29-18-12-7-13-19-29)43(31)38(46)35(30)41-36(44)32(39-2)26-27-14-8-5-9-15-27/h5-19,30-35,39H,4,20-26H2,1-3H3,(H,40,45)(H,41,44)/t30-,31+,32-,33+,35+/m1/s1. The number of carbonyl (C=O) groups is 3. The summed E-state index contributed by atoms with van der Waals surface area (Å²) in [6, 6.07) is 27.7. The van der Waals surface area contributed by atoms with Crippen LogP contribution < -0.4 is 16.0 Å². The van der Waals surface area contributed by atoms with E-state index in [-0.39, 0.29) is 35.7 Å². The van der Waals surface area contributed by atoms with Crippen molar-refractivity contribution in [2.24, 2.45) is 5.92 Å². The molecule has 3 aromatic rings. The van der Waals surface area contributed by atoms with Crippen molar-refractivity contribution in [1.29, 1.82) is 0 Å². The van der Waals surface area contributed by atoms with Crippen LogP contribution in [0, 0.1) is 5.92 Å². The van der Waals surface area contributed by atoms with Crippen molar-refractivity contribution in [2.45, 2.75) is 75.7 Å². The molecule has 0 aromatic heterocycles. The fourth-order valence-corrected chi connectivity index (χ4v) is 7.05. The van der Waals surface area contributed by atoms with E-state index in [4.69, 9.17) is 0 Å². The first-order valence-corrected chi connectivity index (χ1v) is 16.8. The average molecular weight is 624 g/mol. The number of hydrogen-bond acceptors (Lipinski definition) is 5.